The number of nitrogens with two attached hydrogens (primary N) is 1. The predicted octanol–water partition coefficient (Wildman–Crippen LogP) is 3.38. The fraction of sp³-hybridized carbons (Fsp3) is 0.105. The average molecular weight is 410 g/mol. The number of hydrogen-bond donors (Lipinski definition) is 2. The molecule has 7 heteroatoms. The van der Waals surface area contributed by atoms with E-state index in [0.717, 1.165) is 32.3 Å². The van der Waals surface area contributed by atoms with Crippen molar-refractivity contribution in [2.45, 2.75) is 0 Å². The number of anilines is 1. The molecule has 0 unspecified atom stereocenters. The zero-order chi connectivity index (χ0) is 18.3. The number of carbonyl (C=O) groups is 1. The van der Waals surface area contributed by atoms with E-state index in [2.05, 4.69) is 49.6 Å². The van der Waals surface area contributed by atoms with Crippen molar-refractivity contribution < 1.29 is 4.79 Å². The number of nitrogens with zero attached hydrogens (tertiary/aromatic N) is 3. The first-order valence-corrected chi connectivity index (χ1v) is 8.86. The number of aromatic nitrogens is 3. The molecule has 0 saturated carbocycles. The van der Waals surface area contributed by atoms with Gasteiger partial charge in [0, 0.05) is 13.1 Å². The molecule has 26 heavy (non-hydrogen) atoms. The number of aromatic amines is 1. The van der Waals surface area contributed by atoms with Crippen molar-refractivity contribution in [3.8, 4) is 11.3 Å². The van der Waals surface area contributed by atoms with E-state index >= 15 is 0 Å². The van der Waals surface area contributed by atoms with Crippen molar-refractivity contribution >= 4 is 44.3 Å². The number of benzene rings is 1. The van der Waals surface area contributed by atoms with Gasteiger partial charge in [-0.1, -0.05) is 30.9 Å². The highest BCUT2D eigenvalue weighted by molar-refractivity contribution is 9.10. The Morgan fingerprint density at radius 2 is 2.15 bits per heavy atom. The summed E-state index contributed by atoms with van der Waals surface area (Å²) in [4.78, 5) is 25.1. The monoisotopic (exact) mass is 409 g/mol. The van der Waals surface area contributed by atoms with Gasteiger partial charge in [0.25, 0.3) is 0 Å². The topological polar surface area (TPSA) is 87.9 Å². The maximum atomic E-state index is 11.8. The molecule has 3 aromatic rings. The first-order chi connectivity index (χ1) is 12.6. The molecule has 130 valence electrons. The molecule has 0 fully saturated rings. The summed E-state index contributed by atoms with van der Waals surface area (Å²) < 4.78 is 0.839. The Bertz CT molecular complexity index is 1070. The minimum atomic E-state index is -0.0557. The smallest absolute Gasteiger partial charge is 0.246 e. The van der Waals surface area contributed by atoms with Gasteiger partial charge in [-0.2, -0.15) is 0 Å². The van der Waals surface area contributed by atoms with Crippen LogP contribution in [0.15, 0.2) is 53.8 Å². The molecule has 0 aliphatic carbocycles. The van der Waals surface area contributed by atoms with Gasteiger partial charge in [-0.25, -0.2) is 9.97 Å². The molecule has 0 bridgehead atoms. The number of H-pyrrole nitrogens is 1. The van der Waals surface area contributed by atoms with Crippen LogP contribution < -0.4 is 5.73 Å². The first kappa shape index (κ1) is 16.5. The maximum absolute atomic E-state index is 11.8. The number of nitrogens with one attached hydrogen (secondary N) is 1. The van der Waals surface area contributed by atoms with E-state index in [4.69, 9.17) is 5.73 Å². The first-order valence-electron chi connectivity index (χ1n) is 8.07. The fourth-order valence-electron chi connectivity index (χ4n) is 3.14. The molecule has 4 rings (SSSR count). The second kappa shape index (κ2) is 6.42. The Morgan fingerprint density at radius 3 is 2.92 bits per heavy atom. The molecular weight excluding hydrogens is 394 g/mol. The van der Waals surface area contributed by atoms with Gasteiger partial charge in [-0.05, 0) is 44.8 Å². The predicted molar refractivity (Wildman–Crippen MR) is 106 cm³/mol. The maximum Gasteiger partial charge on any atom is 0.246 e. The van der Waals surface area contributed by atoms with Crippen LogP contribution in [0, 0.1) is 0 Å². The second-order valence-electron chi connectivity index (χ2n) is 6.03. The molecule has 2 aromatic heterocycles. The van der Waals surface area contributed by atoms with Crippen molar-refractivity contribution in [3.05, 3.63) is 59.4 Å². The van der Waals surface area contributed by atoms with Crippen LogP contribution in [-0.2, 0) is 4.79 Å². The normalized spacial score (nSPS) is 13.9. The molecule has 6 nitrogen and oxygen atoms in total. The number of carbonyl (C=O) groups excluding carboxylic acids is 1. The van der Waals surface area contributed by atoms with Crippen molar-refractivity contribution in [1.82, 2.24) is 19.9 Å². The van der Waals surface area contributed by atoms with Crippen LogP contribution in [0.3, 0.4) is 0 Å². The molecule has 1 aliphatic rings. The third-order valence-corrected chi connectivity index (χ3v) is 5.28. The van der Waals surface area contributed by atoms with Gasteiger partial charge in [-0.3, -0.25) is 4.79 Å². The Balaban J connectivity index is 1.71. The molecule has 0 spiro atoms. The lowest BCUT2D eigenvalue weighted by atomic mass is 10.0. The van der Waals surface area contributed by atoms with Gasteiger partial charge in [0.15, 0.2) is 0 Å². The summed E-state index contributed by atoms with van der Waals surface area (Å²) in [6.45, 7) is 4.74. The summed E-state index contributed by atoms with van der Waals surface area (Å²) in [5.41, 5.74) is 10.8. The Morgan fingerprint density at radius 1 is 1.35 bits per heavy atom. The highest BCUT2D eigenvalue weighted by Crippen LogP contribution is 2.37. The minimum absolute atomic E-state index is 0.0557. The Hall–Kier alpha value is -2.93. The largest absolute Gasteiger partial charge is 0.383 e. The van der Waals surface area contributed by atoms with Crippen molar-refractivity contribution in [2.75, 3.05) is 18.8 Å². The van der Waals surface area contributed by atoms with E-state index in [1.54, 1.807) is 4.90 Å². The average Bonchev–Trinajstić information content (AvgIpc) is 3.27. The van der Waals surface area contributed by atoms with Gasteiger partial charge in [0.2, 0.25) is 5.91 Å². The summed E-state index contributed by atoms with van der Waals surface area (Å²) in [5.74, 6) is 0.373. The third-order valence-electron chi connectivity index (χ3n) is 4.49. The van der Waals surface area contributed by atoms with Crippen LogP contribution in [0.1, 0.15) is 5.56 Å². The molecule has 1 aromatic carbocycles. The van der Waals surface area contributed by atoms with Crippen molar-refractivity contribution in [3.63, 3.8) is 0 Å². The van der Waals surface area contributed by atoms with Crippen LogP contribution >= 0.6 is 15.9 Å². The van der Waals surface area contributed by atoms with E-state index in [0.29, 0.717) is 24.6 Å². The zero-order valence-electron chi connectivity index (χ0n) is 13.9. The van der Waals surface area contributed by atoms with Crippen molar-refractivity contribution in [2.24, 2.45) is 0 Å². The van der Waals surface area contributed by atoms with Gasteiger partial charge in [0.1, 0.15) is 17.8 Å². The van der Waals surface area contributed by atoms with Crippen LogP contribution in [-0.4, -0.2) is 38.8 Å². The number of rotatable bonds is 3. The summed E-state index contributed by atoms with van der Waals surface area (Å²) in [6.07, 6.45) is 4.86. The number of halogens is 1. The lowest BCUT2D eigenvalue weighted by molar-refractivity contribution is -0.124. The highest BCUT2D eigenvalue weighted by Gasteiger charge is 2.20. The molecule has 1 amide bonds. The summed E-state index contributed by atoms with van der Waals surface area (Å²) in [7, 11) is 0. The molecule has 3 heterocycles. The van der Waals surface area contributed by atoms with Crippen LogP contribution in [0.2, 0.25) is 0 Å². The SMILES string of the molecule is C=CC(=O)N1CC=C(c2cccc(-c3[nH]c4ncnc(N)c4c3Br)c2)C1. The van der Waals surface area contributed by atoms with Crippen LogP contribution in [0.25, 0.3) is 27.9 Å². The Labute approximate surface area is 158 Å². The van der Waals surface area contributed by atoms with E-state index < -0.39 is 0 Å². The van der Waals surface area contributed by atoms with E-state index in [1.165, 1.54) is 12.4 Å². The zero-order valence-corrected chi connectivity index (χ0v) is 15.5. The van der Waals surface area contributed by atoms with E-state index in [9.17, 15) is 4.79 Å². The second-order valence-corrected chi connectivity index (χ2v) is 6.82. The van der Waals surface area contributed by atoms with E-state index in [-0.39, 0.29) is 5.91 Å². The lowest BCUT2D eigenvalue weighted by Gasteiger charge is -2.14. The van der Waals surface area contributed by atoms with Gasteiger partial charge < -0.3 is 15.6 Å². The molecule has 0 saturated heterocycles. The lowest BCUT2D eigenvalue weighted by Crippen LogP contribution is -2.26. The number of fused-ring (bicyclic) bond motifs is 1. The standard InChI is InChI=1S/C19H16BrN5O/c1-2-14(26)25-7-6-13(9-25)11-4-3-5-12(8-11)17-16(20)15-18(21)22-10-23-19(15)24-17/h2-6,8,10H,1,7,9H2,(H3,21,22,23,24). The van der Waals surface area contributed by atoms with Gasteiger partial charge in [0.05, 0.1) is 15.6 Å². The third kappa shape index (κ3) is 2.70. The molecule has 0 atom stereocenters. The molecule has 0 radical (unpaired) electrons. The van der Waals surface area contributed by atoms with Gasteiger partial charge in [-0.15, -0.1) is 0 Å². The minimum Gasteiger partial charge on any atom is -0.383 e. The number of nitrogen functional groups attached to an aromatic ring is 1. The Kier molecular flexibility index (Phi) is 4.08. The fourth-order valence-corrected chi connectivity index (χ4v) is 3.86. The van der Waals surface area contributed by atoms with Gasteiger partial charge >= 0.3 is 0 Å². The number of hydrogen-bond acceptors (Lipinski definition) is 4. The van der Waals surface area contributed by atoms with E-state index in [1.807, 2.05) is 18.2 Å². The summed E-state index contributed by atoms with van der Waals surface area (Å²) in [6, 6.07) is 8.15. The highest BCUT2D eigenvalue weighted by atomic mass is 79.9. The quantitative estimate of drug-likeness (QED) is 0.648. The van der Waals surface area contributed by atoms with Crippen molar-refractivity contribution in [1.29, 1.82) is 0 Å². The molecular formula is C19H16BrN5O. The van der Waals surface area contributed by atoms with Crippen LogP contribution in [0.4, 0.5) is 5.82 Å². The molecule has 1 aliphatic heterocycles. The summed E-state index contributed by atoms with van der Waals surface area (Å²) in [5, 5.41) is 0.774. The molecule has 3 N–H and O–H groups in total. The summed E-state index contributed by atoms with van der Waals surface area (Å²) >= 11 is 3.62. The number of amides is 1. The van der Waals surface area contributed by atoms with Crippen LogP contribution in [0.5, 0.6) is 0 Å².